The van der Waals surface area contributed by atoms with Crippen LogP contribution in [0.25, 0.3) is 0 Å². The van der Waals surface area contributed by atoms with Crippen LogP contribution in [-0.4, -0.2) is 18.8 Å². The zero-order valence-electron chi connectivity index (χ0n) is 8.01. The maximum atomic E-state index is 11.9. The van der Waals surface area contributed by atoms with Gasteiger partial charge in [-0.3, -0.25) is 13.6 Å². The number of fused-ring (bicyclic) bond motifs is 2. The van der Waals surface area contributed by atoms with Crippen molar-refractivity contribution in [2.75, 3.05) is 6.61 Å². The summed E-state index contributed by atoms with van der Waals surface area (Å²) in [6.07, 6.45) is 3.77. The summed E-state index contributed by atoms with van der Waals surface area (Å²) in [5.41, 5.74) is 1.01. The molecule has 0 aromatic heterocycles. The fraction of sp³-hybridized carbons (Fsp3) is 0.556. The molecular formula is C9H13O4P. The normalized spacial score (nSPS) is 42.5. The van der Waals surface area contributed by atoms with Gasteiger partial charge in [0.2, 0.25) is 0 Å². The summed E-state index contributed by atoms with van der Waals surface area (Å²) >= 11 is 0. The van der Waals surface area contributed by atoms with Crippen molar-refractivity contribution in [3.63, 3.8) is 0 Å². The molecule has 2 aliphatic heterocycles. The smallest absolute Gasteiger partial charge is 0.282 e. The number of phosphoric acid groups is 1. The summed E-state index contributed by atoms with van der Waals surface area (Å²) in [5, 5.41) is 0. The summed E-state index contributed by atoms with van der Waals surface area (Å²) in [6.45, 7) is 5.83. The Balaban J connectivity index is 2.25. The second-order valence-electron chi connectivity index (χ2n) is 3.49. The van der Waals surface area contributed by atoms with Crippen LogP contribution in [0.2, 0.25) is 0 Å². The molecule has 2 heterocycles. The van der Waals surface area contributed by atoms with Gasteiger partial charge in [0.1, 0.15) is 0 Å². The molecule has 78 valence electrons. The van der Waals surface area contributed by atoms with Crippen LogP contribution in [0.4, 0.5) is 0 Å². The first-order valence-corrected chi connectivity index (χ1v) is 5.98. The molecule has 0 aliphatic carbocycles. The third kappa shape index (κ3) is 1.98. The summed E-state index contributed by atoms with van der Waals surface area (Å²) < 4.78 is 27.4. The monoisotopic (exact) mass is 216 g/mol. The lowest BCUT2D eigenvalue weighted by atomic mass is 10.1. The van der Waals surface area contributed by atoms with Crippen LogP contribution >= 0.6 is 7.82 Å². The lowest BCUT2D eigenvalue weighted by Crippen LogP contribution is -2.25. The van der Waals surface area contributed by atoms with E-state index in [1.54, 1.807) is 6.08 Å². The Labute approximate surface area is 83.2 Å². The number of hydrogen-bond donors (Lipinski definition) is 0. The molecule has 2 aliphatic rings. The van der Waals surface area contributed by atoms with Gasteiger partial charge in [0.15, 0.2) is 0 Å². The average molecular weight is 216 g/mol. The molecule has 3 unspecified atom stereocenters. The van der Waals surface area contributed by atoms with Crippen molar-refractivity contribution in [3.05, 3.63) is 24.3 Å². The van der Waals surface area contributed by atoms with E-state index in [-0.39, 0.29) is 12.2 Å². The van der Waals surface area contributed by atoms with Crippen molar-refractivity contribution < 1.29 is 18.1 Å². The molecule has 3 atom stereocenters. The minimum atomic E-state index is -3.34. The highest BCUT2D eigenvalue weighted by atomic mass is 31.2. The van der Waals surface area contributed by atoms with E-state index in [1.165, 1.54) is 0 Å². The minimum absolute atomic E-state index is 0.180. The molecule has 4 nitrogen and oxygen atoms in total. The van der Waals surface area contributed by atoms with Crippen LogP contribution < -0.4 is 0 Å². The third-order valence-electron chi connectivity index (χ3n) is 2.18. The minimum Gasteiger partial charge on any atom is -0.282 e. The van der Waals surface area contributed by atoms with Crippen molar-refractivity contribution in [2.45, 2.75) is 25.6 Å². The summed E-state index contributed by atoms with van der Waals surface area (Å²) in [5.74, 6) is 0. The molecule has 0 spiro atoms. The highest BCUT2D eigenvalue weighted by molar-refractivity contribution is 7.48. The van der Waals surface area contributed by atoms with Crippen molar-refractivity contribution in [1.82, 2.24) is 0 Å². The third-order valence-corrected chi connectivity index (χ3v) is 3.68. The van der Waals surface area contributed by atoms with E-state index in [9.17, 15) is 4.57 Å². The molecule has 14 heavy (non-hydrogen) atoms. The van der Waals surface area contributed by atoms with Crippen LogP contribution in [0, 0.1) is 0 Å². The van der Waals surface area contributed by atoms with E-state index < -0.39 is 7.82 Å². The van der Waals surface area contributed by atoms with Gasteiger partial charge in [0, 0.05) is 6.42 Å². The molecule has 2 bridgehead atoms. The predicted molar refractivity (Wildman–Crippen MR) is 51.9 cm³/mol. The van der Waals surface area contributed by atoms with E-state index in [0.717, 1.165) is 5.57 Å². The Hall–Kier alpha value is -0.410. The first kappa shape index (κ1) is 10.1. The van der Waals surface area contributed by atoms with E-state index in [0.29, 0.717) is 13.0 Å². The van der Waals surface area contributed by atoms with Crippen LogP contribution in [0.5, 0.6) is 0 Å². The van der Waals surface area contributed by atoms with Gasteiger partial charge in [-0.1, -0.05) is 12.2 Å². The molecule has 2 rings (SSSR count). The van der Waals surface area contributed by atoms with Crippen LogP contribution in [0.3, 0.4) is 0 Å². The Morgan fingerprint density at radius 2 is 2.43 bits per heavy atom. The summed E-state index contributed by atoms with van der Waals surface area (Å²) in [4.78, 5) is 0. The Bertz CT molecular complexity index is 323. The topological polar surface area (TPSA) is 44.8 Å². The highest BCUT2D eigenvalue weighted by Gasteiger charge is 2.40. The van der Waals surface area contributed by atoms with Gasteiger partial charge in [-0.25, -0.2) is 4.57 Å². The van der Waals surface area contributed by atoms with Crippen LogP contribution in [0.1, 0.15) is 13.3 Å². The SMILES string of the molecule is C=CC1CC2C=C(C)COP(=O)(O1)O2. The fourth-order valence-corrected chi connectivity index (χ4v) is 3.03. The number of hydrogen-bond acceptors (Lipinski definition) is 4. The second-order valence-corrected chi connectivity index (χ2v) is 5.07. The molecule has 0 radical (unpaired) electrons. The van der Waals surface area contributed by atoms with Gasteiger partial charge < -0.3 is 0 Å². The van der Waals surface area contributed by atoms with Gasteiger partial charge in [-0.05, 0) is 12.5 Å². The predicted octanol–water partition coefficient (Wildman–Crippen LogP) is 2.43. The van der Waals surface area contributed by atoms with Gasteiger partial charge in [-0.2, -0.15) is 0 Å². The fourth-order valence-electron chi connectivity index (χ4n) is 1.52. The molecule has 1 fully saturated rings. The van der Waals surface area contributed by atoms with E-state index in [2.05, 4.69) is 6.58 Å². The first-order valence-electron chi connectivity index (χ1n) is 4.52. The zero-order valence-corrected chi connectivity index (χ0v) is 8.91. The average Bonchev–Trinajstić information content (AvgIpc) is 2.23. The highest BCUT2D eigenvalue weighted by Crippen LogP contribution is 2.57. The quantitative estimate of drug-likeness (QED) is 0.498. The van der Waals surface area contributed by atoms with Crippen molar-refractivity contribution in [3.8, 4) is 0 Å². The standard InChI is InChI=1S/C9H13O4P/c1-3-8-5-9-4-7(2)6-11-14(10,12-8)13-9/h3-4,8-9H,1,5-6H2,2H3. The van der Waals surface area contributed by atoms with E-state index in [4.69, 9.17) is 13.6 Å². The Morgan fingerprint density at radius 3 is 3.14 bits per heavy atom. The molecule has 0 amide bonds. The van der Waals surface area contributed by atoms with Crippen LogP contribution in [-0.2, 0) is 18.1 Å². The van der Waals surface area contributed by atoms with Gasteiger partial charge in [-0.15, -0.1) is 6.58 Å². The van der Waals surface area contributed by atoms with Gasteiger partial charge >= 0.3 is 7.82 Å². The molecule has 0 aromatic rings. The van der Waals surface area contributed by atoms with Gasteiger partial charge in [0.05, 0.1) is 18.8 Å². The van der Waals surface area contributed by atoms with Gasteiger partial charge in [0.25, 0.3) is 0 Å². The Morgan fingerprint density at radius 1 is 1.64 bits per heavy atom. The van der Waals surface area contributed by atoms with E-state index in [1.807, 2.05) is 13.0 Å². The second kappa shape index (κ2) is 3.63. The lowest BCUT2D eigenvalue weighted by molar-refractivity contribution is 0.0316. The molecular weight excluding hydrogens is 203 g/mol. The number of rotatable bonds is 1. The van der Waals surface area contributed by atoms with Crippen molar-refractivity contribution in [1.29, 1.82) is 0 Å². The first-order chi connectivity index (χ1) is 6.61. The van der Waals surface area contributed by atoms with Crippen LogP contribution in [0.15, 0.2) is 24.3 Å². The van der Waals surface area contributed by atoms with Crippen molar-refractivity contribution in [2.24, 2.45) is 0 Å². The lowest BCUT2D eigenvalue weighted by Gasteiger charge is -2.29. The summed E-state index contributed by atoms with van der Waals surface area (Å²) in [7, 11) is -3.34. The summed E-state index contributed by atoms with van der Waals surface area (Å²) in [6, 6.07) is 0. The molecule has 0 N–H and O–H groups in total. The molecule has 0 aromatic carbocycles. The number of phosphoric ester groups is 1. The zero-order chi connectivity index (χ0) is 10.2. The van der Waals surface area contributed by atoms with E-state index >= 15 is 0 Å². The maximum absolute atomic E-state index is 11.9. The molecule has 1 saturated heterocycles. The molecule has 0 saturated carbocycles. The Kier molecular flexibility index (Phi) is 2.62. The molecule has 5 heteroatoms. The van der Waals surface area contributed by atoms with Crippen molar-refractivity contribution >= 4 is 7.82 Å². The largest absolute Gasteiger partial charge is 0.476 e. The maximum Gasteiger partial charge on any atom is 0.476 e.